The highest BCUT2D eigenvalue weighted by atomic mass is 16.5. The fourth-order valence-electron chi connectivity index (χ4n) is 1.71. The maximum absolute atomic E-state index is 10.7. The summed E-state index contributed by atoms with van der Waals surface area (Å²) in [5.74, 6) is 0.561. The zero-order chi connectivity index (χ0) is 11.4. The van der Waals surface area contributed by atoms with Gasteiger partial charge < -0.3 is 10.5 Å². The summed E-state index contributed by atoms with van der Waals surface area (Å²) in [4.78, 5) is 10.7. The number of aryl methyl sites for hydroxylation is 2. The SMILES string of the molecule is COc1cc(C)cc(C)c1CCC(N)=O. The number of benzene rings is 1. The molecule has 0 bridgehead atoms. The molecule has 0 aliphatic rings. The van der Waals surface area contributed by atoms with Crippen LogP contribution in [0.2, 0.25) is 0 Å². The monoisotopic (exact) mass is 207 g/mol. The molecule has 0 spiro atoms. The standard InChI is InChI=1S/C12H17NO2/c1-8-6-9(2)10(4-5-12(13)14)11(7-8)15-3/h6-7H,4-5H2,1-3H3,(H2,13,14). The van der Waals surface area contributed by atoms with Crippen molar-refractivity contribution in [2.75, 3.05) is 7.11 Å². The largest absolute Gasteiger partial charge is 0.496 e. The minimum Gasteiger partial charge on any atom is -0.496 e. The van der Waals surface area contributed by atoms with Gasteiger partial charge in [-0.2, -0.15) is 0 Å². The van der Waals surface area contributed by atoms with Gasteiger partial charge in [0.05, 0.1) is 7.11 Å². The van der Waals surface area contributed by atoms with E-state index in [1.54, 1.807) is 7.11 Å². The number of ether oxygens (including phenoxy) is 1. The molecule has 0 fully saturated rings. The van der Waals surface area contributed by atoms with Gasteiger partial charge in [0.15, 0.2) is 0 Å². The van der Waals surface area contributed by atoms with Crippen molar-refractivity contribution < 1.29 is 9.53 Å². The minimum absolute atomic E-state index is 0.281. The smallest absolute Gasteiger partial charge is 0.217 e. The van der Waals surface area contributed by atoms with Crippen molar-refractivity contribution in [3.05, 3.63) is 28.8 Å². The average Bonchev–Trinajstić information content (AvgIpc) is 2.14. The summed E-state index contributed by atoms with van der Waals surface area (Å²) in [6.45, 7) is 4.04. The fourth-order valence-corrected chi connectivity index (χ4v) is 1.71. The van der Waals surface area contributed by atoms with Crippen LogP contribution in [-0.4, -0.2) is 13.0 Å². The van der Waals surface area contributed by atoms with E-state index in [0.29, 0.717) is 12.8 Å². The van der Waals surface area contributed by atoms with Crippen LogP contribution >= 0.6 is 0 Å². The number of nitrogens with two attached hydrogens (primary N) is 1. The molecule has 1 aromatic rings. The number of primary amides is 1. The first-order chi connectivity index (χ1) is 7.04. The summed E-state index contributed by atoms with van der Waals surface area (Å²) in [5, 5.41) is 0. The third-order valence-corrected chi connectivity index (χ3v) is 2.42. The molecule has 0 atom stereocenters. The van der Waals surface area contributed by atoms with E-state index >= 15 is 0 Å². The number of carbonyl (C=O) groups is 1. The van der Waals surface area contributed by atoms with E-state index in [2.05, 4.69) is 6.07 Å². The van der Waals surface area contributed by atoms with Crippen LogP contribution in [0.15, 0.2) is 12.1 Å². The lowest BCUT2D eigenvalue weighted by molar-refractivity contribution is -0.117. The van der Waals surface area contributed by atoms with E-state index in [4.69, 9.17) is 10.5 Å². The van der Waals surface area contributed by atoms with Crippen LogP contribution < -0.4 is 10.5 Å². The Kier molecular flexibility index (Phi) is 3.72. The lowest BCUT2D eigenvalue weighted by Gasteiger charge is -2.12. The molecule has 3 nitrogen and oxygen atoms in total. The summed E-state index contributed by atoms with van der Waals surface area (Å²) in [7, 11) is 1.64. The average molecular weight is 207 g/mol. The quantitative estimate of drug-likeness (QED) is 0.817. The van der Waals surface area contributed by atoms with Crippen LogP contribution in [0.3, 0.4) is 0 Å². The van der Waals surface area contributed by atoms with Crippen molar-refractivity contribution in [3.63, 3.8) is 0 Å². The fraction of sp³-hybridized carbons (Fsp3) is 0.417. The van der Waals surface area contributed by atoms with Gasteiger partial charge in [0.25, 0.3) is 0 Å². The lowest BCUT2D eigenvalue weighted by atomic mass is 10.00. The number of amides is 1. The van der Waals surface area contributed by atoms with E-state index in [1.165, 1.54) is 0 Å². The van der Waals surface area contributed by atoms with Gasteiger partial charge in [-0.05, 0) is 43.0 Å². The molecule has 0 radical (unpaired) electrons. The Balaban J connectivity index is 2.98. The van der Waals surface area contributed by atoms with E-state index in [0.717, 1.165) is 22.4 Å². The topological polar surface area (TPSA) is 52.3 Å². The number of carbonyl (C=O) groups excluding carboxylic acids is 1. The van der Waals surface area contributed by atoms with Crippen molar-refractivity contribution in [2.45, 2.75) is 26.7 Å². The van der Waals surface area contributed by atoms with Gasteiger partial charge in [0.2, 0.25) is 5.91 Å². The van der Waals surface area contributed by atoms with Gasteiger partial charge in [-0.1, -0.05) is 6.07 Å². The molecular weight excluding hydrogens is 190 g/mol. The highest BCUT2D eigenvalue weighted by Gasteiger charge is 2.08. The molecule has 1 aromatic carbocycles. The number of methoxy groups -OCH3 is 1. The van der Waals surface area contributed by atoms with Crippen molar-refractivity contribution in [1.82, 2.24) is 0 Å². The van der Waals surface area contributed by atoms with Crippen LogP contribution in [0.25, 0.3) is 0 Å². The second-order valence-electron chi connectivity index (χ2n) is 3.73. The molecule has 0 unspecified atom stereocenters. The molecule has 0 aromatic heterocycles. The normalized spacial score (nSPS) is 10.1. The molecular formula is C12H17NO2. The highest BCUT2D eigenvalue weighted by Crippen LogP contribution is 2.25. The molecule has 0 aliphatic carbocycles. The van der Waals surface area contributed by atoms with Gasteiger partial charge >= 0.3 is 0 Å². The Labute approximate surface area is 90.2 Å². The summed E-state index contributed by atoms with van der Waals surface area (Å²) < 4.78 is 5.29. The predicted octanol–water partition coefficient (Wildman–Crippen LogP) is 1.73. The van der Waals surface area contributed by atoms with E-state index < -0.39 is 0 Å². The first kappa shape index (κ1) is 11.6. The van der Waals surface area contributed by atoms with Gasteiger partial charge in [0, 0.05) is 6.42 Å². The maximum atomic E-state index is 10.7. The maximum Gasteiger partial charge on any atom is 0.217 e. The van der Waals surface area contributed by atoms with Crippen molar-refractivity contribution in [2.24, 2.45) is 5.73 Å². The van der Waals surface area contributed by atoms with Crippen LogP contribution in [0.1, 0.15) is 23.1 Å². The first-order valence-electron chi connectivity index (χ1n) is 4.97. The Bertz CT molecular complexity index is 372. The molecule has 0 saturated carbocycles. The summed E-state index contributed by atoms with van der Waals surface area (Å²) in [6, 6.07) is 4.06. The molecule has 3 heteroatoms. The van der Waals surface area contributed by atoms with Gasteiger partial charge in [0.1, 0.15) is 5.75 Å². The summed E-state index contributed by atoms with van der Waals surface area (Å²) in [6.07, 6.45) is 1.00. The number of hydrogen-bond acceptors (Lipinski definition) is 2. The van der Waals surface area contributed by atoms with Crippen LogP contribution in [0, 0.1) is 13.8 Å². The summed E-state index contributed by atoms with van der Waals surface area (Å²) in [5.41, 5.74) is 8.51. The van der Waals surface area contributed by atoms with Crippen molar-refractivity contribution in [1.29, 1.82) is 0 Å². The Morgan fingerprint density at radius 2 is 2.07 bits per heavy atom. The van der Waals surface area contributed by atoms with Crippen molar-refractivity contribution in [3.8, 4) is 5.75 Å². The minimum atomic E-state index is -0.281. The Hall–Kier alpha value is -1.51. The summed E-state index contributed by atoms with van der Waals surface area (Å²) >= 11 is 0. The van der Waals surface area contributed by atoms with Crippen LogP contribution in [0.4, 0.5) is 0 Å². The highest BCUT2D eigenvalue weighted by molar-refractivity contribution is 5.74. The predicted molar refractivity (Wildman–Crippen MR) is 60.0 cm³/mol. The molecule has 0 saturated heterocycles. The zero-order valence-electron chi connectivity index (χ0n) is 9.46. The lowest BCUT2D eigenvalue weighted by Crippen LogP contribution is -2.12. The molecule has 0 aliphatic heterocycles. The molecule has 15 heavy (non-hydrogen) atoms. The Morgan fingerprint density at radius 1 is 1.40 bits per heavy atom. The molecule has 0 heterocycles. The van der Waals surface area contributed by atoms with Crippen LogP contribution in [0.5, 0.6) is 5.75 Å². The molecule has 1 amide bonds. The molecule has 1 rings (SSSR count). The van der Waals surface area contributed by atoms with Crippen molar-refractivity contribution >= 4 is 5.91 Å². The van der Waals surface area contributed by atoms with E-state index in [1.807, 2.05) is 19.9 Å². The number of rotatable bonds is 4. The third-order valence-electron chi connectivity index (χ3n) is 2.42. The molecule has 82 valence electrons. The van der Waals surface area contributed by atoms with E-state index in [9.17, 15) is 4.79 Å². The van der Waals surface area contributed by atoms with Gasteiger partial charge in [-0.25, -0.2) is 0 Å². The number of hydrogen-bond donors (Lipinski definition) is 1. The Morgan fingerprint density at radius 3 is 2.60 bits per heavy atom. The van der Waals surface area contributed by atoms with Crippen LogP contribution in [-0.2, 0) is 11.2 Å². The molecule has 2 N–H and O–H groups in total. The second-order valence-corrected chi connectivity index (χ2v) is 3.73. The van der Waals surface area contributed by atoms with E-state index in [-0.39, 0.29) is 5.91 Å². The second kappa shape index (κ2) is 4.82. The first-order valence-corrected chi connectivity index (χ1v) is 4.97. The van der Waals surface area contributed by atoms with Gasteiger partial charge in [-0.3, -0.25) is 4.79 Å². The zero-order valence-corrected chi connectivity index (χ0v) is 9.46. The third kappa shape index (κ3) is 2.98. The van der Waals surface area contributed by atoms with Gasteiger partial charge in [-0.15, -0.1) is 0 Å².